The van der Waals surface area contributed by atoms with Crippen LogP contribution >= 0.6 is 0 Å². The van der Waals surface area contributed by atoms with Crippen LogP contribution in [-0.4, -0.2) is 37.5 Å². The molecule has 2 rings (SSSR count). The van der Waals surface area contributed by atoms with E-state index in [-0.39, 0.29) is 25.0 Å². The monoisotopic (exact) mass is 283 g/mol. The second-order valence-electron chi connectivity index (χ2n) is 4.97. The van der Waals surface area contributed by atoms with Crippen molar-refractivity contribution in [3.8, 4) is 0 Å². The van der Waals surface area contributed by atoms with Crippen LogP contribution in [0.1, 0.15) is 30.0 Å². The Hall–Kier alpha value is -1.49. The van der Waals surface area contributed by atoms with E-state index in [1.807, 2.05) is 18.2 Å². The Morgan fingerprint density at radius 2 is 2.20 bits per heavy atom. The minimum Gasteiger partial charge on any atom is -0.375 e. The van der Waals surface area contributed by atoms with Crippen molar-refractivity contribution in [3.63, 3.8) is 0 Å². The summed E-state index contributed by atoms with van der Waals surface area (Å²) in [6.07, 6.45) is -0.452. The fourth-order valence-electron chi connectivity index (χ4n) is 2.62. The number of rotatable bonds is 6. The van der Waals surface area contributed by atoms with Gasteiger partial charge >= 0.3 is 0 Å². The zero-order chi connectivity index (χ0) is 14.5. The highest BCUT2D eigenvalue weighted by molar-refractivity contribution is 5.76. The molecule has 0 bridgehead atoms. The third kappa shape index (κ3) is 3.54. The van der Waals surface area contributed by atoms with Gasteiger partial charge in [-0.25, -0.2) is 8.78 Å². The summed E-state index contributed by atoms with van der Waals surface area (Å²) < 4.78 is 28.6. The topological polar surface area (TPSA) is 29.5 Å². The number of amides is 1. The fourth-order valence-corrected chi connectivity index (χ4v) is 2.62. The molecule has 1 aromatic rings. The molecular weight excluding hydrogens is 264 g/mol. The van der Waals surface area contributed by atoms with Crippen molar-refractivity contribution < 1.29 is 18.3 Å². The van der Waals surface area contributed by atoms with Crippen LogP contribution in [0.25, 0.3) is 0 Å². The van der Waals surface area contributed by atoms with Crippen LogP contribution < -0.4 is 0 Å². The number of hydrogen-bond acceptors (Lipinski definition) is 2. The lowest BCUT2D eigenvalue weighted by Gasteiger charge is -2.25. The van der Waals surface area contributed by atoms with Crippen molar-refractivity contribution in [2.75, 3.05) is 20.3 Å². The molecule has 0 heterocycles. The van der Waals surface area contributed by atoms with Crippen molar-refractivity contribution in [1.82, 2.24) is 4.90 Å². The number of nitrogens with zero attached hydrogens (tertiary/aromatic N) is 1. The molecule has 5 heteroatoms. The molecule has 0 saturated carbocycles. The molecule has 1 atom stereocenters. The van der Waals surface area contributed by atoms with Gasteiger partial charge in [0, 0.05) is 7.05 Å². The number of carbonyl (C=O) groups excluding carboxylic acids is 1. The van der Waals surface area contributed by atoms with Gasteiger partial charge in [0.1, 0.15) is 6.61 Å². The van der Waals surface area contributed by atoms with Crippen LogP contribution in [0.3, 0.4) is 0 Å². The second-order valence-corrected chi connectivity index (χ2v) is 4.97. The van der Waals surface area contributed by atoms with E-state index >= 15 is 0 Å². The fraction of sp³-hybridized carbons (Fsp3) is 0.533. The summed E-state index contributed by atoms with van der Waals surface area (Å²) in [6.45, 7) is -0.564. The van der Waals surface area contributed by atoms with E-state index in [4.69, 9.17) is 4.74 Å². The summed E-state index contributed by atoms with van der Waals surface area (Å²) in [5, 5.41) is 0. The average Bonchev–Trinajstić information content (AvgIpc) is 2.86. The summed E-state index contributed by atoms with van der Waals surface area (Å²) in [7, 11) is 1.77. The number of fused-ring (bicyclic) bond motifs is 1. The lowest BCUT2D eigenvalue weighted by molar-refractivity contribution is -0.133. The SMILES string of the molecule is CN(C(=O)CCOCC(F)F)[C@H]1CCc2ccccc21. The number of carbonyl (C=O) groups is 1. The first-order valence-electron chi connectivity index (χ1n) is 6.79. The summed E-state index contributed by atoms with van der Waals surface area (Å²) in [5.41, 5.74) is 2.47. The van der Waals surface area contributed by atoms with Gasteiger partial charge in [0.05, 0.1) is 19.1 Å². The lowest BCUT2D eigenvalue weighted by atomic mass is 10.1. The van der Waals surface area contributed by atoms with Gasteiger partial charge in [0.2, 0.25) is 5.91 Å². The Bertz CT molecular complexity index is 465. The Morgan fingerprint density at radius 1 is 1.45 bits per heavy atom. The molecule has 1 aromatic carbocycles. The van der Waals surface area contributed by atoms with Crippen LogP contribution in [0.5, 0.6) is 0 Å². The van der Waals surface area contributed by atoms with Gasteiger partial charge in [-0.2, -0.15) is 0 Å². The highest BCUT2D eigenvalue weighted by atomic mass is 19.3. The van der Waals surface area contributed by atoms with Crippen molar-refractivity contribution in [1.29, 1.82) is 0 Å². The maximum absolute atomic E-state index is 12.0. The number of alkyl halides is 2. The molecule has 0 unspecified atom stereocenters. The predicted octanol–water partition coefficient (Wildman–Crippen LogP) is 2.80. The molecule has 0 fully saturated rings. The van der Waals surface area contributed by atoms with E-state index in [9.17, 15) is 13.6 Å². The van der Waals surface area contributed by atoms with Gasteiger partial charge in [0.15, 0.2) is 0 Å². The molecule has 3 nitrogen and oxygen atoms in total. The van der Waals surface area contributed by atoms with E-state index in [1.54, 1.807) is 11.9 Å². The predicted molar refractivity (Wildman–Crippen MR) is 71.7 cm³/mol. The largest absolute Gasteiger partial charge is 0.375 e. The van der Waals surface area contributed by atoms with Crippen molar-refractivity contribution in [2.45, 2.75) is 31.7 Å². The molecular formula is C15H19F2NO2. The molecule has 0 aromatic heterocycles. The number of benzene rings is 1. The van der Waals surface area contributed by atoms with E-state index in [2.05, 4.69) is 6.07 Å². The normalized spacial score (nSPS) is 17.3. The quantitative estimate of drug-likeness (QED) is 0.751. The average molecular weight is 283 g/mol. The summed E-state index contributed by atoms with van der Waals surface area (Å²) >= 11 is 0. The minimum absolute atomic E-state index is 0.0435. The van der Waals surface area contributed by atoms with Crippen LogP contribution in [-0.2, 0) is 16.0 Å². The standard InChI is InChI=1S/C15H19F2NO2/c1-18(15(19)8-9-20-10-14(16)17)13-7-6-11-4-2-3-5-12(11)13/h2-5,13-14H,6-10H2,1H3/t13-/m0/s1. The van der Waals surface area contributed by atoms with E-state index in [0.29, 0.717) is 0 Å². The highest BCUT2D eigenvalue weighted by Crippen LogP contribution is 2.34. The molecule has 0 spiro atoms. The minimum atomic E-state index is -2.48. The molecule has 0 radical (unpaired) electrons. The summed E-state index contributed by atoms with van der Waals surface area (Å²) in [4.78, 5) is 13.7. The Kier molecular flexibility index (Phi) is 5.06. The van der Waals surface area contributed by atoms with E-state index in [0.717, 1.165) is 12.8 Å². The van der Waals surface area contributed by atoms with Gasteiger partial charge in [-0.1, -0.05) is 24.3 Å². The first-order chi connectivity index (χ1) is 9.59. The number of ether oxygens (including phenoxy) is 1. The zero-order valence-electron chi connectivity index (χ0n) is 11.5. The van der Waals surface area contributed by atoms with Gasteiger partial charge in [-0.15, -0.1) is 0 Å². The van der Waals surface area contributed by atoms with E-state index < -0.39 is 13.0 Å². The molecule has 20 heavy (non-hydrogen) atoms. The van der Waals surface area contributed by atoms with Gasteiger partial charge < -0.3 is 9.64 Å². The van der Waals surface area contributed by atoms with Crippen molar-refractivity contribution in [2.24, 2.45) is 0 Å². The van der Waals surface area contributed by atoms with Gasteiger partial charge in [-0.3, -0.25) is 4.79 Å². The van der Waals surface area contributed by atoms with Gasteiger partial charge in [-0.05, 0) is 24.0 Å². The molecule has 0 aliphatic heterocycles. The maximum Gasteiger partial charge on any atom is 0.261 e. The molecule has 110 valence electrons. The molecule has 1 amide bonds. The highest BCUT2D eigenvalue weighted by Gasteiger charge is 2.27. The zero-order valence-corrected chi connectivity index (χ0v) is 11.5. The third-order valence-corrected chi connectivity index (χ3v) is 3.67. The third-order valence-electron chi connectivity index (χ3n) is 3.67. The first kappa shape index (κ1) is 14.9. The van der Waals surface area contributed by atoms with Gasteiger partial charge in [0.25, 0.3) is 6.43 Å². The Labute approximate surface area is 117 Å². The summed E-state index contributed by atoms with van der Waals surface area (Å²) in [5.74, 6) is -0.0685. The van der Waals surface area contributed by atoms with Crippen molar-refractivity contribution >= 4 is 5.91 Å². The summed E-state index contributed by atoms with van der Waals surface area (Å²) in [6, 6.07) is 8.19. The number of aryl methyl sites for hydroxylation is 1. The lowest BCUT2D eigenvalue weighted by Crippen LogP contribution is -2.30. The van der Waals surface area contributed by atoms with Crippen LogP contribution in [0.4, 0.5) is 8.78 Å². The number of halogens is 2. The van der Waals surface area contributed by atoms with Crippen LogP contribution in [0.15, 0.2) is 24.3 Å². The van der Waals surface area contributed by atoms with Crippen molar-refractivity contribution in [3.05, 3.63) is 35.4 Å². The Morgan fingerprint density at radius 3 is 2.95 bits per heavy atom. The Balaban J connectivity index is 1.85. The smallest absolute Gasteiger partial charge is 0.261 e. The van der Waals surface area contributed by atoms with Crippen LogP contribution in [0, 0.1) is 0 Å². The number of hydrogen-bond donors (Lipinski definition) is 0. The maximum atomic E-state index is 12.0. The first-order valence-corrected chi connectivity index (χ1v) is 6.79. The van der Waals surface area contributed by atoms with Crippen LogP contribution in [0.2, 0.25) is 0 Å². The van der Waals surface area contributed by atoms with E-state index in [1.165, 1.54) is 11.1 Å². The molecule has 1 aliphatic carbocycles. The molecule has 0 N–H and O–H groups in total. The second kappa shape index (κ2) is 6.79. The molecule has 0 saturated heterocycles. The molecule has 1 aliphatic rings.